The van der Waals surface area contributed by atoms with Crippen molar-refractivity contribution in [2.45, 2.75) is 0 Å². The van der Waals surface area contributed by atoms with Gasteiger partial charge in [-0.1, -0.05) is 267 Å². The number of hydrogen-bond donors (Lipinski definition) is 0. The topological polar surface area (TPSA) is 13.1 Å². The molecule has 0 bridgehead atoms. The molecule has 1 nitrogen and oxygen atoms in total. The lowest BCUT2D eigenvalue weighted by molar-refractivity contribution is 0.673. The molecule has 0 aliphatic rings. The van der Waals surface area contributed by atoms with Crippen LogP contribution < -0.4 is 0 Å². The summed E-state index contributed by atoms with van der Waals surface area (Å²) in [7, 11) is 0. The first-order valence-corrected chi connectivity index (χ1v) is 25.9. The van der Waals surface area contributed by atoms with Crippen LogP contribution in [0.5, 0.6) is 0 Å². The van der Waals surface area contributed by atoms with Crippen molar-refractivity contribution in [2.75, 3.05) is 0 Å². The normalized spacial score (nSPS) is 13.1. The van der Waals surface area contributed by atoms with Gasteiger partial charge >= 0.3 is 0 Å². The molecule has 0 atom stereocenters. The minimum atomic E-state index is -0.437. The monoisotopic (exact) mass is 984 g/mol. The Bertz CT molecular complexity index is 5330. The molecule has 0 aliphatic heterocycles. The molecule has 16 rings (SSSR count). The SMILES string of the molecule is [2H]c1c([2H])c([2H])c2c(-c3cccc4oc5c6ccccc6ccc5c34)c3c([2H])c([2H])c([2H])c([2H])c3c(-c3cccc(-c4ccccc4)c3)c2c1[2H].c1ccc2cc(-c3c4ccccc4c(-c4cccc5ccccc45)c4ccccc34)ccc2c1. The quantitative estimate of drug-likeness (QED) is 0.157. The van der Waals surface area contributed by atoms with Crippen molar-refractivity contribution in [1.82, 2.24) is 0 Å². The Hall–Kier alpha value is -10.1. The Morgan fingerprint density at radius 3 is 1.38 bits per heavy atom. The molecule has 0 N–H and O–H groups in total. The average Bonchev–Trinajstić information content (AvgIpc) is 1.40. The maximum atomic E-state index is 9.38. The van der Waals surface area contributed by atoms with Gasteiger partial charge in [-0.3, -0.25) is 0 Å². The predicted octanol–water partition coefficient (Wildman–Crippen LogP) is 21.7. The van der Waals surface area contributed by atoms with Crippen molar-refractivity contribution < 1.29 is 15.4 Å². The number of benzene rings is 15. The largest absolute Gasteiger partial charge is 0.455 e. The number of fused-ring (bicyclic) bond motifs is 11. The van der Waals surface area contributed by atoms with E-state index in [9.17, 15) is 5.48 Å². The van der Waals surface area contributed by atoms with E-state index in [0.29, 0.717) is 38.8 Å². The van der Waals surface area contributed by atoms with Crippen molar-refractivity contribution in [3.63, 3.8) is 0 Å². The molecule has 1 heterocycles. The molecular formula is C76H48O. The molecule has 0 unspecified atom stereocenters. The summed E-state index contributed by atoms with van der Waals surface area (Å²) in [4.78, 5) is 0. The first kappa shape index (κ1) is 36.8. The Balaban J connectivity index is 0.000000156. The molecule has 0 amide bonds. The molecule has 0 aliphatic carbocycles. The molecule has 1 aromatic heterocycles. The zero-order chi connectivity index (χ0) is 57.8. The van der Waals surface area contributed by atoms with Gasteiger partial charge in [0.2, 0.25) is 0 Å². The number of hydrogen-bond acceptors (Lipinski definition) is 1. The molecule has 358 valence electrons. The molecule has 0 saturated heterocycles. The Labute approximate surface area is 457 Å². The molecule has 16 aromatic rings. The van der Waals surface area contributed by atoms with Crippen molar-refractivity contribution in [2.24, 2.45) is 0 Å². The zero-order valence-corrected chi connectivity index (χ0v) is 41.5. The van der Waals surface area contributed by atoms with Crippen LogP contribution in [0.4, 0.5) is 0 Å². The third-order valence-electron chi connectivity index (χ3n) is 15.3. The van der Waals surface area contributed by atoms with Gasteiger partial charge in [-0.15, -0.1) is 0 Å². The van der Waals surface area contributed by atoms with E-state index in [2.05, 4.69) is 133 Å². The second-order valence-corrected chi connectivity index (χ2v) is 19.6. The van der Waals surface area contributed by atoms with E-state index in [0.717, 1.165) is 27.3 Å². The highest BCUT2D eigenvalue weighted by Crippen LogP contribution is 2.49. The van der Waals surface area contributed by atoms with Crippen molar-refractivity contribution in [3.8, 4) is 55.6 Å². The van der Waals surface area contributed by atoms with E-state index in [1.165, 1.54) is 65.3 Å². The van der Waals surface area contributed by atoms with Crippen LogP contribution in [0.3, 0.4) is 0 Å². The van der Waals surface area contributed by atoms with Crippen LogP contribution in [-0.4, -0.2) is 0 Å². The van der Waals surface area contributed by atoms with Crippen molar-refractivity contribution >= 4 is 97.3 Å². The van der Waals surface area contributed by atoms with Crippen LogP contribution in [0.15, 0.2) is 295 Å². The fourth-order valence-corrected chi connectivity index (χ4v) is 11.9. The fraction of sp³-hybridized carbons (Fsp3) is 0. The van der Waals surface area contributed by atoms with Crippen LogP contribution in [0, 0.1) is 0 Å². The van der Waals surface area contributed by atoms with E-state index in [4.69, 9.17) is 9.90 Å². The maximum absolute atomic E-state index is 9.38. The first-order chi connectivity index (χ1) is 41.5. The van der Waals surface area contributed by atoms with Gasteiger partial charge in [-0.2, -0.15) is 0 Å². The van der Waals surface area contributed by atoms with Crippen molar-refractivity contribution in [3.05, 3.63) is 291 Å². The molecule has 0 radical (unpaired) electrons. The Morgan fingerprint density at radius 2 is 0.688 bits per heavy atom. The molecule has 1 heteroatoms. The third-order valence-corrected chi connectivity index (χ3v) is 15.3. The molecule has 0 saturated carbocycles. The van der Waals surface area contributed by atoms with Crippen LogP contribution in [0.2, 0.25) is 0 Å². The summed E-state index contributed by atoms with van der Waals surface area (Å²) in [5, 5.41) is 14.3. The number of rotatable bonds is 5. The van der Waals surface area contributed by atoms with Gasteiger partial charge in [-0.25, -0.2) is 0 Å². The fourth-order valence-electron chi connectivity index (χ4n) is 11.9. The smallest absolute Gasteiger partial charge is 0.143 e. The Kier molecular flexibility index (Phi) is 8.78. The summed E-state index contributed by atoms with van der Waals surface area (Å²) in [5.41, 5.74) is 9.85. The Morgan fingerprint density at radius 1 is 0.247 bits per heavy atom. The van der Waals surface area contributed by atoms with E-state index in [1.807, 2.05) is 103 Å². The van der Waals surface area contributed by atoms with Crippen LogP contribution in [0.25, 0.3) is 153 Å². The molecule has 77 heavy (non-hydrogen) atoms. The molecular weight excluding hydrogens is 929 g/mol. The van der Waals surface area contributed by atoms with Crippen LogP contribution in [0.1, 0.15) is 11.0 Å². The van der Waals surface area contributed by atoms with E-state index in [1.54, 1.807) is 6.07 Å². The summed E-state index contributed by atoms with van der Waals surface area (Å²) in [5.74, 6) is 0. The predicted molar refractivity (Wildman–Crippen MR) is 330 cm³/mol. The molecule has 0 spiro atoms. The van der Waals surface area contributed by atoms with E-state index >= 15 is 0 Å². The van der Waals surface area contributed by atoms with Crippen LogP contribution >= 0.6 is 0 Å². The minimum Gasteiger partial charge on any atom is -0.455 e. The van der Waals surface area contributed by atoms with E-state index < -0.39 is 24.2 Å². The second-order valence-electron chi connectivity index (χ2n) is 19.6. The van der Waals surface area contributed by atoms with Gasteiger partial charge in [0.05, 0.1) is 11.0 Å². The van der Waals surface area contributed by atoms with Gasteiger partial charge in [0.25, 0.3) is 0 Å². The average molecular weight is 985 g/mol. The van der Waals surface area contributed by atoms with Gasteiger partial charge in [0.1, 0.15) is 11.2 Å². The highest BCUT2D eigenvalue weighted by molar-refractivity contribution is 6.28. The lowest BCUT2D eigenvalue weighted by Gasteiger charge is -2.19. The van der Waals surface area contributed by atoms with Gasteiger partial charge in [0, 0.05) is 16.2 Å². The standard InChI is InChI=1S/C42H26O.C34H22/c1-2-12-27(13-3-1)29-15-10-16-30(26-29)39-32-18-6-8-20-34(32)40(35-21-9-7-19-33(35)39)36-22-11-23-38-41(36)37-25-24-28-14-4-5-17-31(28)42(37)43-38;1-2-12-25-22-26(21-20-23(25)10-1)33-29-15-5-7-17-31(29)34(32-18-8-6-16-30(32)33)28-19-9-13-24-11-3-4-14-27(24)28/h1-26H;1-22H/i6D,7D,8D,9D,18D,19D,20D,21D;. The molecule has 0 fully saturated rings. The summed E-state index contributed by atoms with van der Waals surface area (Å²) >= 11 is 0. The van der Waals surface area contributed by atoms with Gasteiger partial charge < -0.3 is 4.42 Å². The molecule has 15 aromatic carbocycles. The van der Waals surface area contributed by atoms with Gasteiger partial charge in [0.15, 0.2) is 0 Å². The number of furan rings is 1. The first-order valence-electron chi connectivity index (χ1n) is 29.9. The van der Waals surface area contributed by atoms with Crippen LogP contribution in [-0.2, 0) is 0 Å². The summed E-state index contributed by atoms with van der Waals surface area (Å²) in [6.07, 6.45) is 0. The second kappa shape index (κ2) is 18.4. The van der Waals surface area contributed by atoms with Gasteiger partial charge in [-0.05, 0) is 150 Å². The lowest BCUT2D eigenvalue weighted by atomic mass is 9.84. The van der Waals surface area contributed by atoms with Crippen molar-refractivity contribution in [1.29, 1.82) is 0 Å². The lowest BCUT2D eigenvalue weighted by Crippen LogP contribution is -1.91. The zero-order valence-electron chi connectivity index (χ0n) is 49.5. The van der Waals surface area contributed by atoms with E-state index in [-0.39, 0.29) is 45.7 Å². The highest BCUT2D eigenvalue weighted by Gasteiger charge is 2.22. The maximum Gasteiger partial charge on any atom is 0.143 e. The summed E-state index contributed by atoms with van der Waals surface area (Å²) in [6.45, 7) is 0. The minimum absolute atomic E-state index is 0.168. The summed E-state index contributed by atoms with van der Waals surface area (Å²) < 4.78 is 79.2. The summed E-state index contributed by atoms with van der Waals surface area (Å²) in [6, 6.07) is 80.2. The highest BCUT2D eigenvalue weighted by atomic mass is 16.3. The third kappa shape index (κ3) is 7.39.